The van der Waals surface area contributed by atoms with Gasteiger partial charge in [0.15, 0.2) is 23.0 Å². The summed E-state index contributed by atoms with van der Waals surface area (Å²) < 4.78 is 6.19. The molecule has 8 aromatic carbocycles. The SMILES string of the molecule is Oc1c(O)c(O)c(-c2ccc3ccc4c(-c5ccc6oc7c(-c8c(O)c(O)c(O)c(O)c8O)cccc7c6c5)ccc5ccc2c3c54)c(O)c1O. The highest BCUT2D eigenvalue weighted by Gasteiger charge is 2.28. The van der Waals surface area contributed by atoms with Crippen LogP contribution in [0.5, 0.6) is 57.5 Å². The van der Waals surface area contributed by atoms with Crippen molar-refractivity contribution in [1.82, 2.24) is 0 Å². The monoisotopic (exact) mass is 680 g/mol. The van der Waals surface area contributed by atoms with Crippen LogP contribution in [0.15, 0.2) is 89.3 Å². The van der Waals surface area contributed by atoms with E-state index < -0.39 is 57.5 Å². The predicted molar refractivity (Wildman–Crippen MR) is 190 cm³/mol. The zero-order chi connectivity index (χ0) is 35.6. The standard InChI is InChI=1S/C40H24O11/c41-30-28(31(42)35(46)38(49)34(30)45)21-12-7-16-5-10-19-18(9-4-15-6-11-20(21)27(16)26(15)19)17-8-13-25-24(14-17)22-2-1-3-23(40(22)51-25)29-32(43)36(47)39(50)37(48)33(29)44/h1-14,41-50H. The van der Waals surface area contributed by atoms with E-state index in [0.717, 1.165) is 38.1 Å². The number of furan rings is 1. The Labute approximate surface area is 285 Å². The van der Waals surface area contributed by atoms with Gasteiger partial charge in [0.05, 0.1) is 11.1 Å². The van der Waals surface area contributed by atoms with Crippen LogP contribution in [0.2, 0.25) is 0 Å². The van der Waals surface area contributed by atoms with Crippen LogP contribution in [0.3, 0.4) is 0 Å². The van der Waals surface area contributed by atoms with Gasteiger partial charge in [0.2, 0.25) is 34.5 Å². The molecule has 11 nitrogen and oxygen atoms in total. The maximum Gasteiger partial charge on any atom is 0.208 e. The first-order valence-corrected chi connectivity index (χ1v) is 15.5. The first-order chi connectivity index (χ1) is 24.5. The maximum atomic E-state index is 10.8. The molecular weight excluding hydrogens is 656 g/mol. The lowest BCUT2D eigenvalue weighted by Crippen LogP contribution is -1.90. The third kappa shape index (κ3) is 3.82. The molecule has 0 radical (unpaired) electrons. The molecule has 0 saturated carbocycles. The van der Waals surface area contributed by atoms with E-state index >= 15 is 0 Å². The van der Waals surface area contributed by atoms with E-state index in [1.807, 2.05) is 48.5 Å². The molecule has 1 aromatic heterocycles. The molecule has 1 heterocycles. The van der Waals surface area contributed by atoms with Crippen molar-refractivity contribution in [3.8, 4) is 90.9 Å². The molecule has 0 aliphatic carbocycles. The molecule has 11 heteroatoms. The molecule has 9 aromatic rings. The highest BCUT2D eigenvalue weighted by molar-refractivity contribution is 6.28. The molecule has 0 spiro atoms. The summed E-state index contributed by atoms with van der Waals surface area (Å²) in [6, 6.07) is 25.7. The quantitative estimate of drug-likeness (QED) is 0.0484. The summed E-state index contributed by atoms with van der Waals surface area (Å²) in [4.78, 5) is 0. The topological polar surface area (TPSA) is 215 Å². The fourth-order valence-corrected chi connectivity index (χ4v) is 7.31. The van der Waals surface area contributed by atoms with Crippen LogP contribution in [0, 0.1) is 0 Å². The van der Waals surface area contributed by atoms with Crippen LogP contribution >= 0.6 is 0 Å². The van der Waals surface area contributed by atoms with Gasteiger partial charge in [-0.15, -0.1) is 0 Å². The van der Waals surface area contributed by atoms with Crippen LogP contribution in [0.25, 0.3) is 87.6 Å². The summed E-state index contributed by atoms with van der Waals surface area (Å²) in [5.41, 5.74) is 2.34. The second-order valence-electron chi connectivity index (χ2n) is 12.4. The van der Waals surface area contributed by atoms with Crippen molar-refractivity contribution in [2.45, 2.75) is 0 Å². The fraction of sp³-hybridized carbons (Fsp3) is 0. The molecule has 0 amide bonds. The van der Waals surface area contributed by atoms with Gasteiger partial charge in [-0.3, -0.25) is 0 Å². The molecule has 0 fully saturated rings. The molecule has 0 aliphatic rings. The summed E-state index contributed by atoms with van der Waals surface area (Å²) in [5.74, 6) is -9.26. The number of para-hydroxylation sites is 1. The van der Waals surface area contributed by atoms with Gasteiger partial charge in [-0.25, -0.2) is 0 Å². The summed E-state index contributed by atoms with van der Waals surface area (Å²) in [5, 5.41) is 110. The normalized spacial score (nSPS) is 11.9. The van der Waals surface area contributed by atoms with E-state index in [1.54, 1.807) is 30.3 Å². The first kappa shape index (κ1) is 29.7. The molecule has 0 saturated heterocycles. The zero-order valence-electron chi connectivity index (χ0n) is 26.0. The van der Waals surface area contributed by atoms with Crippen molar-refractivity contribution < 1.29 is 55.5 Å². The van der Waals surface area contributed by atoms with E-state index in [1.165, 1.54) is 6.07 Å². The van der Waals surface area contributed by atoms with Gasteiger partial charge in [-0.05, 0) is 61.1 Å². The van der Waals surface area contributed by atoms with Gasteiger partial charge >= 0.3 is 0 Å². The molecule has 250 valence electrons. The van der Waals surface area contributed by atoms with Crippen molar-refractivity contribution >= 4 is 54.3 Å². The summed E-state index contributed by atoms with van der Waals surface area (Å²) in [6.07, 6.45) is 0. The molecule has 0 unspecified atom stereocenters. The Kier molecular flexibility index (Phi) is 5.86. The number of fused-ring (bicyclic) bond motifs is 3. The van der Waals surface area contributed by atoms with Crippen molar-refractivity contribution in [2.75, 3.05) is 0 Å². The number of hydrogen-bond acceptors (Lipinski definition) is 11. The van der Waals surface area contributed by atoms with Gasteiger partial charge in [0.25, 0.3) is 0 Å². The number of benzene rings is 8. The average Bonchev–Trinajstić information content (AvgIpc) is 3.53. The van der Waals surface area contributed by atoms with Crippen LogP contribution in [0.4, 0.5) is 0 Å². The fourth-order valence-electron chi connectivity index (χ4n) is 7.31. The third-order valence-electron chi connectivity index (χ3n) is 9.75. The lowest BCUT2D eigenvalue weighted by Gasteiger charge is -2.18. The first-order valence-electron chi connectivity index (χ1n) is 15.5. The highest BCUT2D eigenvalue weighted by atomic mass is 16.4. The molecule has 0 bridgehead atoms. The van der Waals surface area contributed by atoms with Crippen LogP contribution < -0.4 is 0 Å². The molecule has 0 aliphatic heterocycles. The van der Waals surface area contributed by atoms with E-state index in [-0.39, 0.29) is 22.3 Å². The summed E-state index contributed by atoms with van der Waals surface area (Å²) in [6.45, 7) is 0. The Balaban J connectivity index is 1.27. The van der Waals surface area contributed by atoms with E-state index in [9.17, 15) is 51.1 Å². The zero-order valence-corrected chi connectivity index (χ0v) is 26.0. The minimum absolute atomic E-state index is 0.164. The van der Waals surface area contributed by atoms with Crippen molar-refractivity contribution in [1.29, 1.82) is 0 Å². The van der Waals surface area contributed by atoms with E-state index in [0.29, 0.717) is 27.3 Å². The van der Waals surface area contributed by atoms with Crippen LogP contribution in [-0.4, -0.2) is 51.1 Å². The van der Waals surface area contributed by atoms with Crippen LogP contribution in [0.1, 0.15) is 0 Å². The molecule has 9 rings (SSSR count). The molecule has 51 heavy (non-hydrogen) atoms. The van der Waals surface area contributed by atoms with Gasteiger partial charge in [0, 0.05) is 16.3 Å². The average molecular weight is 681 g/mol. The Morgan fingerprint density at radius 2 is 0.824 bits per heavy atom. The second-order valence-corrected chi connectivity index (χ2v) is 12.4. The predicted octanol–water partition coefficient (Wildman–Crippen LogP) is 8.54. The Morgan fingerprint density at radius 3 is 1.39 bits per heavy atom. The van der Waals surface area contributed by atoms with E-state index in [4.69, 9.17) is 4.42 Å². The lowest BCUT2D eigenvalue weighted by molar-refractivity contribution is 0.330. The van der Waals surface area contributed by atoms with Crippen molar-refractivity contribution in [2.24, 2.45) is 0 Å². The van der Waals surface area contributed by atoms with E-state index in [2.05, 4.69) is 0 Å². The van der Waals surface area contributed by atoms with Gasteiger partial charge < -0.3 is 55.5 Å². The third-order valence-corrected chi connectivity index (χ3v) is 9.75. The van der Waals surface area contributed by atoms with Gasteiger partial charge in [0.1, 0.15) is 11.2 Å². The number of phenolic OH excluding ortho intramolecular Hbond substituents is 10. The summed E-state index contributed by atoms with van der Waals surface area (Å²) in [7, 11) is 0. The van der Waals surface area contributed by atoms with Gasteiger partial charge in [-0.1, -0.05) is 72.8 Å². The van der Waals surface area contributed by atoms with Crippen LogP contribution in [-0.2, 0) is 0 Å². The largest absolute Gasteiger partial charge is 0.504 e. The number of hydrogen-bond donors (Lipinski definition) is 10. The number of rotatable bonds is 3. The molecular formula is C40H24O11. The van der Waals surface area contributed by atoms with Gasteiger partial charge in [-0.2, -0.15) is 0 Å². The Morgan fingerprint density at radius 1 is 0.353 bits per heavy atom. The highest BCUT2D eigenvalue weighted by Crippen LogP contribution is 2.58. The lowest BCUT2D eigenvalue weighted by atomic mass is 9.86. The minimum Gasteiger partial charge on any atom is -0.504 e. The molecule has 10 N–H and O–H groups in total. The summed E-state index contributed by atoms with van der Waals surface area (Å²) >= 11 is 0. The Bertz CT molecular complexity index is 2920. The number of aromatic hydroxyl groups is 10. The minimum atomic E-state index is -1.06. The maximum absolute atomic E-state index is 10.8. The Hall–Kier alpha value is -7.40. The van der Waals surface area contributed by atoms with Crippen molar-refractivity contribution in [3.05, 3.63) is 84.9 Å². The van der Waals surface area contributed by atoms with Crippen molar-refractivity contribution in [3.63, 3.8) is 0 Å². The molecule has 0 atom stereocenters. The number of phenols is 10. The smallest absolute Gasteiger partial charge is 0.208 e. The second kappa shape index (κ2) is 10.1.